The van der Waals surface area contributed by atoms with Gasteiger partial charge >= 0.3 is 0 Å². The number of nitrogen functional groups attached to an aromatic ring is 1. The van der Waals surface area contributed by atoms with E-state index in [0.717, 1.165) is 39.4 Å². The lowest BCUT2D eigenvalue weighted by Crippen LogP contribution is -2.60. The van der Waals surface area contributed by atoms with E-state index in [1.165, 1.54) is 12.4 Å². The van der Waals surface area contributed by atoms with E-state index in [-0.39, 0.29) is 34.4 Å². The van der Waals surface area contributed by atoms with Gasteiger partial charge in [-0.3, -0.25) is 14.6 Å². The first-order valence-electron chi connectivity index (χ1n) is 17.2. The average Bonchev–Trinajstić information content (AvgIpc) is 3.49. The highest BCUT2D eigenvalue weighted by molar-refractivity contribution is 5.99. The fraction of sp³-hybridized carbons (Fsp3) is 0.432. The van der Waals surface area contributed by atoms with Gasteiger partial charge in [0.05, 0.1) is 30.7 Å². The molecule has 3 aliphatic heterocycles. The largest absolute Gasteiger partial charge is 0.457 e. The predicted molar refractivity (Wildman–Crippen MR) is 187 cm³/mol. The number of nitrogens with two attached hydrogens (primary N) is 1. The summed E-state index contributed by atoms with van der Waals surface area (Å²) in [5, 5.41) is 15.4. The molecule has 0 saturated carbocycles. The van der Waals surface area contributed by atoms with Crippen molar-refractivity contribution < 1.29 is 18.7 Å². The zero-order valence-corrected chi connectivity index (χ0v) is 28.5. The summed E-state index contributed by atoms with van der Waals surface area (Å²) in [5.74, 6) is 0.289. The van der Waals surface area contributed by atoms with Crippen LogP contribution < -0.4 is 10.5 Å². The number of nitrogens with zero attached hydrogens (tertiary/aromatic N) is 8. The van der Waals surface area contributed by atoms with E-state index in [2.05, 4.69) is 39.7 Å². The number of amides is 1. The number of benzene rings is 2. The maximum absolute atomic E-state index is 15.7. The van der Waals surface area contributed by atoms with E-state index < -0.39 is 5.82 Å². The van der Waals surface area contributed by atoms with Gasteiger partial charge in [-0.1, -0.05) is 24.3 Å². The Balaban J connectivity index is 1.08. The molecule has 2 aromatic carbocycles. The van der Waals surface area contributed by atoms with E-state index in [1.807, 2.05) is 18.2 Å². The minimum atomic E-state index is -0.532. The topological polar surface area (TPSA) is 139 Å². The Hall–Kier alpha value is -4.90. The highest BCUT2D eigenvalue weighted by Gasteiger charge is 2.35. The summed E-state index contributed by atoms with van der Waals surface area (Å²) in [6, 6.07) is 16.2. The van der Waals surface area contributed by atoms with E-state index >= 15 is 4.39 Å². The predicted octanol–water partition coefficient (Wildman–Crippen LogP) is 4.81. The number of ether oxygens (including phenoxy) is 2. The number of carbonyl (C=O) groups excluding carboxylic acids is 1. The Kier molecular flexibility index (Phi) is 9.50. The van der Waals surface area contributed by atoms with Crippen LogP contribution >= 0.6 is 0 Å². The second kappa shape index (κ2) is 14.1. The van der Waals surface area contributed by atoms with Gasteiger partial charge < -0.3 is 20.1 Å². The van der Waals surface area contributed by atoms with Crippen molar-refractivity contribution >= 4 is 22.8 Å². The Morgan fingerprint density at radius 3 is 2.56 bits per heavy atom. The monoisotopic (exact) mass is 679 g/mol. The number of rotatable bonds is 9. The molecular formula is C37H42FN9O3. The average molecular weight is 680 g/mol. The molecule has 2 aromatic heterocycles. The van der Waals surface area contributed by atoms with Crippen molar-refractivity contribution in [3.8, 4) is 28.8 Å². The number of carbonyl (C=O) groups is 1. The quantitative estimate of drug-likeness (QED) is 0.194. The highest BCUT2D eigenvalue weighted by atomic mass is 19.1. The molecule has 4 aromatic rings. The summed E-state index contributed by atoms with van der Waals surface area (Å²) in [6.45, 7) is 10.7. The lowest BCUT2D eigenvalue weighted by atomic mass is 9.95. The maximum atomic E-state index is 15.7. The van der Waals surface area contributed by atoms with Gasteiger partial charge in [0, 0.05) is 56.4 Å². The zero-order valence-electron chi connectivity index (χ0n) is 28.5. The second-order valence-electron chi connectivity index (χ2n) is 13.8. The SMILES string of the molecule is CC(C)(C/C=C(\C#N)C(=O)N1CCC[C@H](n2nc(-c3ccc(Oc4ccccc4)cc3F)c3c(N)ncnc32)C1)N1CCN(C2COC2)CC1. The minimum Gasteiger partial charge on any atom is -0.457 e. The van der Waals surface area contributed by atoms with Gasteiger partial charge in [0.1, 0.15) is 46.8 Å². The smallest absolute Gasteiger partial charge is 0.264 e. The van der Waals surface area contributed by atoms with Crippen LogP contribution in [0, 0.1) is 17.1 Å². The number of nitriles is 1. The fourth-order valence-electron chi connectivity index (χ4n) is 7.11. The Labute approximate surface area is 290 Å². The molecule has 5 heterocycles. The summed E-state index contributed by atoms with van der Waals surface area (Å²) in [4.78, 5) is 29.1. The molecule has 3 saturated heterocycles. The molecular weight excluding hydrogens is 637 g/mol. The fourth-order valence-corrected chi connectivity index (χ4v) is 7.11. The molecule has 50 heavy (non-hydrogen) atoms. The number of aromatic nitrogens is 4. The zero-order chi connectivity index (χ0) is 34.8. The van der Waals surface area contributed by atoms with Crippen LogP contribution in [0.2, 0.25) is 0 Å². The number of para-hydroxylation sites is 1. The van der Waals surface area contributed by atoms with Gasteiger partial charge in [0.25, 0.3) is 5.91 Å². The number of piperidine rings is 1. The van der Waals surface area contributed by atoms with Gasteiger partial charge in [-0.15, -0.1) is 0 Å². The van der Waals surface area contributed by atoms with Crippen molar-refractivity contribution in [1.82, 2.24) is 34.4 Å². The molecule has 0 radical (unpaired) electrons. The third-order valence-corrected chi connectivity index (χ3v) is 10.2. The van der Waals surface area contributed by atoms with E-state index in [4.69, 9.17) is 20.3 Å². The van der Waals surface area contributed by atoms with Crippen molar-refractivity contribution in [3.05, 3.63) is 72.3 Å². The summed E-state index contributed by atoms with van der Waals surface area (Å²) >= 11 is 0. The summed E-state index contributed by atoms with van der Waals surface area (Å²) < 4.78 is 28.6. The highest BCUT2D eigenvalue weighted by Crippen LogP contribution is 2.36. The number of fused-ring (bicyclic) bond motifs is 1. The lowest BCUT2D eigenvalue weighted by Gasteiger charge is -2.47. The molecule has 0 spiro atoms. The number of hydrogen-bond donors (Lipinski definition) is 1. The molecule has 3 aliphatic rings. The van der Waals surface area contributed by atoms with Gasteiger partial charge in [-0.25, -0.2) is 19.0 Å². The number of anilines is 1. The maximum Gasteiger partial charge on any atom is 0.264 e. The molecule has 12 nitrogen and oxygen atoms in total. The molecule has 1 amide bonds. The van der Waals surface area contributed by atoms with Crippen LogP contribution in [0.15, 0.2) is 66.5 Å². The number of halogens is 1. The first-order chi connectivity index (χ1) is 24.2. The molecule has 13 heteroatoms. The molecule has 7 rings (SSSR count). The third kappa shape index (κ3) is 6.79. The molecule has 0 unspecified atom stereocenters. The summed E-state index contributed by atoms with van der Waals surface area (Å²) in [5.41, 5.74) is 7.27. The number of likely N-dealkylation sites (tertiary alicyclic amines) is 1. The Bertz CT molecular complexity index is 1930. The van der Waals surface area contributed by atoms with Gasteiger partial charge in [0.2, 0.25) is 0 Å². The Morgan fingerprint density at radius 1 is 1.08 bits per heavy atom. The summed E-state index contributed by atoms with van der Waals surface area (Å²) in [6.07, 6.45) is 5.15. The van der Waals surface area contributed by atoms with Crippen molar-refractivity contribution in [2.75, 3.05) is 58.2 Å². The van der Waals surface area contributed by atoms with Gasteiger partial charge in [-0.05, 0) is 57.4 Å². The molecule has 2 N–H and O–H groups in total. The Morgan fingerprint density at radius 2 is 1.86 bits per heavy atom. The third-order valence-electron chi connectivity index (χ3n) is 10.2. The standard InChI is InChI=1S/C37H42FN9O3/c1-37(2,46-17-15-44(16-18-46)27-22-49-23-27)13-12-25(20-39)36(48)45-14-6-7-26(21-45)47-35-32(34(40)41-24-42-35)33(43-47)30-11-10-29(19-31(30)38)50-28-8-4-3-5-9-28/h3-5,8-12,19,24,26-27H,6-7,13-18,21-23H2,1-2H3,(H2,40,41,42)/b25-12+/t26-/m0/s1. The van der Waals surface area contributed by atoms with Crippen LogP contribution in [0.3, 0.4) is 0 Å². The molecule has 260 valence electrons. The first kappa shape index (κ1) is 33.6. The van der Waals surface area contributed by atoms with E-state index in [0.29, 0.717) is 66.6 Å². The first-order valence-corrected chi connectivity index (χ1v) is 17.2. The van der Waals surface area contributed by atoms with Crippen LogP contribution in [-0.2, 0) is 9.53 Å². The lowest BCUT2D eigenvalue weighted by molar-refractivity contribution is -0.128. The van der Waals surface area contributed by atoms with E-state index in [1.54, 1.807) is 39.9 Å². The molecule has 0 aliphatic carbocycles. The molecule has 0 bridgehead atoms. The minimum absolute atomic E-state index is 0.140. The molecule has 3 fully saturated rings. The van der Waals surface area contributed by atoms with Crippen LogP contribution in [0.4, 0.5) is 10.2 Å². The van der Waals surface area contributed by atoms with Crippen molar-refractivity contribution in [1.29, 1.82) is 5.26 Å². The molecule has 1 atom stereocenters. The van der Waals surface area contributed by atoms with Crippen molar-refractivity contribution in [3.63, 3.8) is 0 Å². The number of piperazine rings is 1. The van der Waals surface area contributed by atoms with Crippen molar-refractivity contribution in [2.45, 2.75) is 50.7 Å². The van der Waals surface area contributed by atoms with Gasteiger partial charge in [0.15, 0.2) is 5.65 Å². The van der Waals surface area contributed by atoms with Crippen LogP contribution in [0.1, 0.15) is 39.2 Å². The summed E-state index contributed by atoms with van der Waals surface area (Å²) in [7, 11) is 0. The second-order valence-corrected chi connectivity index (χ2v) is 13.8. The normalized spacial score (nSPS) is 19.7. The van der Waals surface area contributed by atoms with E-state index in [9.17, 15) is 10.1 Å². The van der Waals surface area contributed by atoms with Gasteiger partial charge in [-0.2, -0.15) is 10.4 Å². The van der Waals surface area contributed by atoms with Crippen LogP contribution in [-0.4, -0.2) is 104 Å². The van der Waals surface area contributed by atoms with Crippen molar-refractivity contribution in [2.24, 2.45) is 0 Å². The van der Waals surface area contributed by atoms with Crippen LogP contribution in [0.5, 0.6) is 11.5 Å². The number of hydrogen-bond acceptors (Lipinski definition) is 10. The van der Waals surface area contributed by atoms with Crippen LogP contribution in [0.25, 0.3) is 22.3 Å².